The van der Waals surface area contributed by atoms with Crippen LogP contribution in [0.1, 0.15) is 114 Å². The summed E-state index contributed by atoms with van der Waals surface area (Å²) >= 11 is 0. The molecule has 30 heteroatoms. The second-order valence-corrected chi connectivity index (χ2v) is 27.9. The maximum Gasteiger partial charge on any atom is 0.219 e. The van der Waals surface area contributed by atoms with Crippen LogP contribution >= 0.6 is 0 Å². The second kappa shape index (κ2) is 29.0. The van der Waals surface area contributed by atoms with E-state index in [0.717, 1.165) is 50.2 Å². The Balaban J connectivity index is 0.918. The quantitative estimate of drug-likeness (QED) is 0.0415. The minimum absolute atomic E-state index is 0.0882. The van der Waals surface area contributed by atoms with Crippen molar-refractivity contribution in [3.05, 3.63) is 34.8 Å². The van der Waals surface area contributed by atoms with Crippen molar-refractivity contribution in [1.29, 1.82) is 0 Å². The molecule has 2 bridgehead atoms. The number of nitrogens with one attached hydrogen (secondary N) is 2. The highest BCUT2D eigenvalue weighted by atomic mass is 16.8. The third-order valence-electron chi connectivity index (χ3n) is 20.9. The molecular formula is C62H98N2O28. The molecule has 2 aliphatic carbocycles. The van der Waals surface area contributed by atoms with Gasteiger partial charge >= 0.3 is 0 Å². The van der Waals surface area contributed by atoms with Crippen LogP contribution in [0.5, 0.6) is 0 Å². The van der Waals surface area contributed by atoms with Crippen molar-refractivity contribution in [2.45, 2.75) is 267 Å². The highest BCUT2D eigenvalue weighted by Crippen LogP contribution is 2.64. The van der Waals surface area contributed by atoms with Gasteiger partial charge in [-0.05, 0) is 98.7 Å². The summed E-state index contributed by atoms with van der Waals surface area (Å²) in [6, 6.07) is -1.71. The minimum atomic E-state index is -2.84. The molecule has 2 saturated carbocycles. The summed E-state index contributed by atoms with van der Waals surface area (Å²) in [5, 5.41) is 160. The van der Waals surface area contributed by atoms with Gasteiger partial charge in [0.1, 0.15) is 121 Å². The number of carbonyl (C=O) groups is 3. The van der Waals surface area contributed by atoms with E-state index in [2.05, 4.69) is 37.5 Å². The van der Waals surface area contributed by atoms with Crippen LogP contribution in [0.3, 0.4) is 0 Å². The summed E-state index contributed by atoms with van der Waals surface area (Å²) in [7, 11) is 0. The third kappa shape index (κ3) is 14.2. The van der Waals surface area contributed by atoms with Gasteiger partial charge in [-0.25, -0.2) is 0 Å². The fraction of sp³-hybridized carbons (Fsp3) is 0.855. The van der Waals surface area contributed by atoms with Gasteiger partial charge in [-0.15, -0.1) is 0 Å². The first-order chi connectivity index (χ1) is 43.2. The average molecular weight is 1320 g/mol. The molecule has 16 N–H and O–H groups in total. The molecule has 30 nitrogen and oxygen atoms in total. The third-order valence-corrected chi connectivity index (χ3v) is 20.9. The van der Waals surface area contributed by atoms with E-state index in [9.17, 15) is 85.9 Å². The van der Waals surface area contributed by atoms with Crippen LogP contribution in [0.2, 0.25) is 0 Å². The van der Waals surface area contributed by atoms with E-state index >= 15 is 0 Å². The number of amides is 2. The zero-order chi connectivity index (χ0) is 67.4. The van der Waals surface area contributed by atoms with Crippen LogP contribution in [0.4, 0.5) is 0 Å². The number of aliphatic hydroxyl groups excluding tert-OH is 13. The van der Waals surface area contributed by atoms with Crippen LogP contribution in [0.25, 0.3) is 0 Å². The summed E-state index contributed by atoms with van der Waals surface area (Å²) in [6.07, 6.45) is -32.7. The Hall–Kier alpha value is -3.33. The van der Waals surface area contributed by atoms with E-state index in [4.69, 9.17) is 52.1 Å². The number of hydrogen-bond acceptors (Lipinski definition) is 28. The maximum absolute atomic E-state index is 13.1. The zero-order valence-electron chi connectivity index (χ0n) is 53.4. The lowest BCUT2D eigenvalue weighted by Gasteiger charge is -2.56. The Labute approximate surface area is 533 Å². The lowest BCUT2D eigenvalue weighted by molar-refractivity contribution is -0.397. The number of rotatable bonds is 20. The van der Waals surface area contributed by atoms with E-state index in [-0.39, 0.29) is 29.0 Å². The predicted octanol–water partition coefficient (Wildman–Crippen LogP) is -3.51. The van der Waals surface area contributed by atoms with Gasteiger partial charge in [0.25, 0.3) is 0 Å². The lowest BCUT2D eigenvalue weighted by atomic mass is 9.53. The molecule has 8 fully saturated rings. The molecule has 6 saturated heterocycles. The van der Waals surface area contributed by atoms with Gasteiger partial charge in [0.05, 0.1) is 39.1 Å². The van der Waals surface area contributed by atoms with E-state index in [0.29, 0.717) is 32.1 Å². The van der Waals surface area contributed by atoms with E-state index < -0.39 is 209 Å². The Morgan fingerprint density at radius 3 is 1.90 bits per heavy atom. The Bertz CT molecular complexity index is 2680. The largest absolute Gasteiger partial charge is 0.466 e. The minimum Gasteiger partial charge on any atom is -0.466 e. The first kappa shape index (κ1) is 72.9. The zero-order valence-corrected chi connectivity index (χ0v) is 53.4. The smallest absolute Gasteiger partial charge is 0.219 e. The fourth-order valence-electron chi connectivity index (χ4n) is 15.9. The summed E-state index contributed by atoms with van der Waals surface area (Å²) in [5.74, 6) is 0.643. The Morgan fingerprint density at radius 1 is 0.652 bits per heavy atom. The number of ether oxygens (including phenoxy) is 11. The van der Waals surface area contributed by atoms with Crippen LogP contribution in [0, 0.1) is 34.0 Å². The molecule has 92 heavy (non-hydrogen) atoms. The fourth-order valence-corrected chi connectivity index (χ4v) is 15.9. The van der Waals surface area contributed by atoms with Crippen LogP contribution in [-0.2, 0) is 66.5 Å². The monoisotopic (exact) mass is 1320 g/mol. The van der Waals surface area contributed by atoms with Crippen molar-refractivity contribution in [1.82, 2.24) is 10.6 Å². The number of aliphatic hydroxyl groups is 14. The van der Waals surface area contributed by atoms with E-state index in [1.54, 1.807) is 6.08 Å². The molecule has 7 heterocycles. The Morgan fingerprint density at radius 2 is 1.26 bits per heavy atom. The number of fused-ring (bicyclic) bond motifs is 5. The van der Waals surface area contributed by atoms with Gasteiger partial charge in [-0.3, -0.25) is 14.4 Å². The normalized spacial score (nSPS) is 46.5. The molecule has 0 radical (unpaired) electrons. The number of allylic oxidation sites excluding steroid dienone is 6. The topological polar surface area (TPSA) is 460 Å². The molecule has 0 aromatic rings. The van der Waals surface area contributed by atoms with Crippen molar-refractivity contribution >= 4 is 17.6 Å². The van der Waals surface area contributed by atoms with Crippen LogP contribution in [-0.4, -0.2) is 275 Å². The van der Waals surface area contributed by atoms with E-state index in [1.165, 1.54) is 5.57 Å². The summed E-state index contributed by atoms with van der Waals surface area (Å²) < 4.78 is 67.3. The maximum atomic E-state index is 13.1. The molecule has 9 aliphatic rings. The average Bonchev–Trinajstić information content (AvgIpc) is 1.39. The molecule has 0 unspecified atom stereocenters. The molecule has 524 valence electrons. The Kier molecular flexibility index (Phi) is 23.0. The summed E-state index contributed by atoms with van der Waals surface area (Å²) in [6.45, 7) is 12.6. The highest BCUT2D eigenvalue weighted by Gasteiger charge is 2.63. The predicted molar refractivity (Wildman–Crippen MR) is 311 cm³/mol. The lowest BCUT2D eigenvalue weighted by Crippen LogP contribution is -2.75. The van der Waals surface area contributed by atoms with Crippen molar-refractivity contribution in [2.75, 3.05) is 33.0 Å². The SMILES string of the molecule is CC(=O)N[C@H]1[C@H](O[C@H]2[C@H](O[C@H]3[C@@H](CO)O[C@@H](O[C@H]4CC[C@]5(C)C6=CC[C@@]7(C)C(=C(CC[C@H]5C4(C)C)O6)CC[C@@H]7[C@H](C)CC(=O)C=C(C)C)[C@@](O)(NC(C)=O)[C@H]3O)OC[C@@H](O)[C@@H]2O)O[C@H](CO[C@@H]2O[C@H](CO)[C@@H](O)[C@H](O)[C@H]2O[C@@H]2O[C@H](CO)[C@@H](O)[C@H](O)[C@H]2O)[C@@H](O)[C@@H]1O. The summed E-state index contributed by atoms with van der Waals surface area (Å²) in [4.78, 5) is 38.8. The highest BCUT2D eigenvalue weighted by molar-refractivity contribution is 5.90. The van der Waals surface area contributed by atoms with Crippen LogP contribution < -0.4 is 10.6 Å². The molecular weight excluding hydrogens is 1220 g/mol. The summed E-state index contributed by atoms with van der Waals surface area (Å²) in [5.41, 5.74) is -1.99. The second-order valence-electron chi connectivity index (χ2n) is 27.9. The standard InChI is InChI=1S/C62H98N2O28/c1-25(2)18-29(70)19-26(3)30-10-11-31-33-12-13-38-59(6,7)39(14-17-61(38,9)40(84-33)15-16-60(30,31)8)89-58-62(81,64-28(5)69)53(80)50(36(22-67)88-58)90-57-51(42(72)32(71)23-82-57)91-54-41(63-27(4)68)46(76)45(75)37(87-54)24-83-56-52(48(78)44(74)35(21-66)86-56)92-55-49(79)47(77)43(73)34(20-65)85-55/h15,18,26,30,32,34-39,41-58,65-67,71-81H,10-14,16-17,19-24H2,1-9H3,(H,63,68)(H,64,69)/t26-,30-,32-,34-,35-,36-,37-,38+,39+,41-,42+,43-,44-,45-,46-,47+,48+,49-,50+,51-,52-,53+,54+,55+,56-,57+,58+,60-,61+,62-/m1/s1. The number of hydrogen-bond donors (Lipinski definition) is 16. The molecule has 9 rings (SSSR count). The first-order valence-electron chi connectivity index (χ1n) is 31.9. The van der Waals surface area contributed by atoms with Crippen molar-refractivity contribution < 1.29 is 138 Å². The molecule has 0 aromatic carbocycles. The molecule has 7 aliphatic heterocycles. The molecule has 0 aromatic heterocycles. The van der Waals surface area contributed by atoms with Gasteiger partial charge in [-0.2, -0.15) is 0 Å². The van der Waals surface area contributed by atoms with E-state index in [1.807, 2.05) is 27.7 Å². The van der Waals surface area contributed by atoms with Gasteiger partial charge in [0.15, 0.2) is 30.9 Å². The van der Waals surface area contributed by atoms with Gasteiger partial charge in [0, 0.05) is 32.1 Å². The van der Waals surface area contributed by atoms with Gasteiger partial charge in [0.2, 0.25) is 23.8 Å². The first-order valence-corrected chi connectivity index (χ1v) is 31.9. The van der Waals surface area contributed by atoms with Crippen molar-refractivity contribution in [3.63, 3.8) is 0 Å². The van der Waals surface area contributed by atoms with Gasteiger partial charge in [-0.1, -0.05) is 40.2 Å². The number of carbonyl (C=O) groups excluding carboxylic acids is 3. The van der Waals surface area contributed by atoms with Gasteiger partial charge < -0.3 is 134 Å². The molecule has 30 atom stereocenters. The van der Waals surface area contributed by atoms with Crippen LogP contribution in [0.15, 0.2) is 34.8 Å². The molecule has 0 spiro atoms. The van der Waals surface area contributed by atoms with Crippen molar-refractivity contribution in [3.8, 4) is 0 Å². The molecule has 2 amide bonds. The number of ketones is 1. The van der Waals surface area contributed by atoms with Crippen molar-refractivity contribution in [2.24, 2.45) is 34.0 Å².